The molecule has 2 aliphatic rings. The maximum absolute atomic E-state index is 12.7. The van der Waals surface area contributed by atoms with E-state index in [-0.39, 0.29) is 17.6 Å². The first kappa shape index (κ1) is 17.3. The second-order valence-corrected chi connectivity index (χ2v) is 7.61. The summed E-state index contributed by atoms with van der Waals surface area (Å²) in [6, 6.07) is 9.33. The van der Waals surface area contributed by atoms with E-state index in [4.69, 9.17) is 14.8 Å². The van der Waals surface area contributed by atoms with Crippen LogP contribution >= 0.6 is 0 Å². The first-order chi connectivity index (χ1) is 13.7. The Labute approximate surface area is 162 Å². The molecule has 3 aromatic rings. The molecule has 0 spiro atoms. The smallest absolute Gasteiger partial charge is 0.267 e. The van der Waals surface area contributed by atoms with Crippen LogP contribution in [0.5, 0.6) is 0 Å². The molecule has 1 aromatic carbocycles. The number of aryl methyl sites for hydroxylation is 3. The van der Waals surface area contributed by atoms with Gasteiger partial charge in [0, 0.05) is 6.07 Å². The van der Waals surface area contributed by atoms with Crippen molar-refractivity contribution in [1.29, 1.82) is 0 Å². The molecule has 3 heterocycles. The molecule has 2 atom stereocenters. The minimum atomic E-state index is -0.160. The van der Waals surface area contributed by atoms with E-state index in [2.05, 4.69) is 10.3 Å². The zero-order valence-electron chi connectivity index (χ0n) is 15.9. The summed E-state index contributed by atoms with van der Waals surface area (Å²) in [5.41, 5.74) is 4.65. The molecule has 7 heteroatoms. The monoisotopic (exact) mass is 377 g/mol. The molecule has 144 valence electrons. The Morgan fingerprint density at radius 3 is 2.75 bits per heavy atom. The summed E-state index contributed by atoms with van der Waals surface area (Å²) in [7, 11) is 0. The molecule has 0 saturated carbocycles. The van der Waals surface area contributed by atoms with Crippen molar-refractivity contribution in [3.8, 4) is 0 Å². The number of hydrogen-bond acceptors (Lipinski definition) is 6. The van der Waals surface area contributed by atoms with Crippen LogP contribution in [0.3, 0.4) is 0 Å². The highest BCUT2D eigenvalue weighted by molar-refractivity contribution is 5.76. The average molecular weight is 377 g/mol. The first-order valence-electron chi connectivity index (χ1n) is 9.88. The molecule has 7 nitrogen and oxygen atoms in total. The number of fused-ring (bicyclic) bond motifs is 2. The summed E-state index contributed by atoms with van der Waals surface area (Å²) < 4.78 is 7.32. The molecule has 1 aliphatic heterocycles. The van der Waals surface area contributed by atoms with Crippen molar-refractivity contribution in [2.24, 2.45) is 0 Å². The number of para-hydroxylation sites is 2. The molecular formula is C21H23N5O2. The molecular weight excluding hydrogens is 354 g/mol. The van der Waals surface area contributed by atoms with Gasteiger partial charge in [-0.15, -0.1) is 0 Å². The van der Waals surface area contributed by atoms with Gasteiger partial charge in [-0.05, 0) is 50.3 Å². The van der Waals surface area contributed by atoms with Crippen molar-refractivity contribution in [2.75, 3.05) is 18.5 Å². The van der Waals surface area contributed by atoms with Gasteiger partial charge < -0.3 is 10.1 Å². The lowest BCUT2D eigenvalue weighted by molar-refractivity contribution is 0.182. The van der Waals surface area contributed by atoms with E-state index in [1.165, 1.54) is 0 Å². The Kier molecular flexibility index (Phi) is 4.31. The fourth-order valence-electron chi connectivity index (χ4n) is 4.14. The lowest BCUT2D eigenvalue weighted by Crippen LogP contribution is -2.38. The van der Waals surface area contributed by atoms with Gasteiger partial charge in [0.1, 0.15) is 11.9 Å². The highest BCUT2D eigenvalue weighted by atomic mass is 16.5. The quantitative estimate of drug-likeness (QED) is 0.755. The summed E-state index contributed by atoms with van der Waals surface area (Å²) >= 11 is 0. The van der Waals surface area contributed by atoms with Crippen LogP contribution in [-0.4, -0.2) is 39.0 Å². The maximum atomic E-state index is 12.7. The molecule has 1 fully saturated rings. The highest BCUT2D eigenvalue weighted by Gasteiger charge is 2.32. The van der Waals surface area contributed by atoms with Gasteiger partial charge in [0.15, 0.2) is 0 Å². The number of hydrogen-bond donors (Lipinski definition) is 1. The third kappa shape index (κ3) is 3.05. The topological polar surface area (TPSA) is 81.9 Å². The van der Waals surface area contributed by atoms with Crippen LogP contribution in [-0.2, 0) is 17.6 Å². The Bertz CT molecular complexity index is 1090. The van der Waals surface area contributed by atoms with E-state index in [0.717, 1.165) is 59.5 Å². The predicted octanol–water partition coefficient (Wildman–Crippen LogP) is 2.43. The van der Waals surface area contributed by atoms with Crippen LogP contribution < -0.4 is 10.9 Å². The van der Waals surface area contributed by atoms with Gasteiger partial charge in [0.2, 0.25) is 0 Å². The molecule has 28 heavy (non-hydrogen) atoms. The third-order valence-corrected chi connectivity index (χ3v) is 5.66. The van der Waals surface area contributed by atoms with Crippen LogP contribution in [0.25, 0.3) is 11.0 Å². The zero-order valence-corrected chi connectivity index (χ0v) is 15.9. The Hall–Kier alpha value is -2.80. The number of nitrogens with one attached hydrogen (secondary N) is 1. The van der Waals surface area contributed by atoms with Crippen molar-refractivity contribution in [2.45, 2.75) is 44.7 Å². The van der Waals surface area contributed by atoms with Crippen molar-refractivity contribution in [3.05, 3.63) is 57.6 Å². The maximum Gasteiger partial charge on any atom is 0.267 e. The van der Waals surface area contributed by atoms with E-state index in [0.29, 0.717) is 13.2 Å². The standard InChI is InChI=1S/C21H23N5O2/c1-13-21(23-17-9-5-4-8-16(17)22-13)24-18-11-28-12-19(18)26-20(27)10-14-6-2-3-7-15(14)25-26/h4-5,8-10,18-19H,2-3,6-7,11-12H2,1H3,(H,23,24). The highest BCUT2D eigenvalue weighted by Crippen LogP contribution is 2.25. The molecule has 0 bridgehead atoms. The second-order valence-electron chi connectivity index (χ2n) is 7.61. The molecule has 1 N–H and O–H groups in total. The Morgan fingerprint density at radius 2 is 1.89 bits per heavy atom. The minimum absolute atomic E-state index is 0.0516. The molecule has 0 radical (unpaired) electrons. The number of nitrogens with zero attached hydrogens (tertiary/aromatic N) is 4. The average Bonchev–Trinajstić information content (AvgIpc) is 3.16. The second kappa shape index (κ2) is 6.98. The minimum Gasteiger partial charge on any atom is -0.377 e. The van der Waals surface area contributed by atoms with Crippen LogP contribution in [0.2, 0.25) is 0 Å². The molecule has 5 rings (SSSR count). The molecule has 2 aromatic heterocycles. The van der Waals surface area contributed by atoms with Gasteiger partial charge in [-0.3, -0.25) is 4.79 Å². The molecule has 0 amide bonds. The Balaban J connectivity index is 1.47. The van der Waals surface area contributed by atoms with Crippen molar-refractivity contribution in [3.63, 3.8) is 0 Å². The van der Waals surface area contributed by atoms with Crippen molar-refractivity contribution in [1.82, 2.24) is 19.7 Å². The SMILES string of the molecule is Cc1nc2ccccc2nc1NC1COCC1n1nc2c(cc1=O)CCCC2. The summed E-state index contributed by atoms with van der Waals surface area (Å²) in [5, 5.41) is 8.17. The van der Waals surface area contributed by atoms with Gasteiger partial charge in [0.25, 0.3) is 5.56 Å². The third-order valence-electron chi connectivity index (χ3n) is 5.66. The van der Waals surface area contributed by atoms with Crippen molar-refractivity contribution >= 4 is 16.9 Å². The molecule has 1 saturated heterocycles. The van der Waals surface area contributed by atoms with Crippen LogP contribution in [0.15, 0.2) is 35.1 Å². The number of aromatic nitrogens is 4. The Morgan fingerprint density at radius 1 is 1.11 bits per heavy atom. The van der Waals surface area contributed by atoms with E-state index in [1.807, 2.05) is 31.2 Å². The van der Waals surface area contributed by atoms with Crippen molar-refractivity contribution < 1.29 is 4.74 Å². The number of benzene rings is 1. The van der Waals surface area contributed by atoms with Gasteiger partial charge in [-0.2, -0.15) is 5.10 Å². The van der Waals surface area contributed by atoms with Crippen LogP contribution in [0.1, 0.15) is 35.8 Å². The zero-order chi connectivity index (χ0) is 19.1. The van der Waals surface area contributed by atoms with Crippen LogP contribution in [0.4, 0.5) is 5.82 Å². The lowest BCUT2D eigenvalue weighted by Gasteiger charge is -2.23. The van der Waals surface area contributed by atoms with Gasteiger partial charge >= 0.3 is 0 Å². The van der Waals surface area contributed by atoms with E-state index < -0.39 is 0 Å². The molecule has 1 aliphatic carbocycles. The fraction of sp³-hybridized carbons (Fsp3) is 0.429. The predicted molar refractivity (Wildman–Crippen MR) is 107 cm³/mol. The largest absolute Gasteiger partial charge is 0.377 e. The van der Waals surface area contributed by atoms with E-state index in [1.54, 1.807) is 10.7 Å². The summed E-state index contributed by atoms with van der Waals surface area (Å²) in [6.45, 7) is 2.91. The fourth-order valence-corrected chi connectivity index (χ4v) is 4.14. The first-order valence-corrected chi connectivity index (χ1v) is 9.88. The normalized spacial score (nSPS) is 21.6. The van der Waals surface area contributed by atoms with E-state index in [9.17, 15) is 4.79 Å². The van der Waals surface area contributed by atoms with Gasteiger partial charge in [-0.25, -0.2) is 14.6 Å². The van der Waals surface area contributed by atoms with Gasteiger partial charge in [-0.1, -0.05) is 12.1 Å². The van der Waals surface area contributed by atoms with Crippen LogP contribution in [0, 0.1) is 6.92 Å². The van der Waals surface area contributed by atoms with Gasteiger partial charge in [0.05, 0.1) is 41.7 Å². The summed E-state index contributed by atoms with van der Waals surface area (Å²) in [6.07, 6.45) is 4.16. The summed E-state index contributed by atoms with van der Waals surface area (Å²) in [4.78, 5) is 22.1. The number of anilines is 1. The summed E-state index contributed by atoms with van der Waals surface area (Å²) in [5.74, 6) is 0.727. The van der Waals surface area contributed by atoms with E-state index >= 15 is 0 Å². The lowest BCUT2D eigenvalue weighted by atomic mass is 9.97. The molecule has 2 unspecified atom stereocenters. The number of rotatable bonds is 3. The number of ether oxygens (including phenoxy) is 1.